The number of ether oxygens (including phenoxy) is 1. The Bertz CT molecular complexity index is 1100. The highest BCUT2D eigenvalue weighted by atomic mass is 32.2. The summed E-state index contributed by atoms with van der Waals surface area (Å²) in [5.41, 5.74) is 3.52. The Kier molecular flexibility index (Phi) is 5.57. The Morgan fingerprint density at radius 1 is 1.07 bits per heavy atom. The van der Waals surface area contributed by atoms with Gasteiger partial charge in [0, 0.05) is 11.1 Å². The van der Waals surface area contributed by atoms with Gasteiger partial charge in [0.25, 0.3) is 5.91 Å². The molecule has 1 heterocycles. The Morgan fingerprint density at radius 3 is 2.36 bits per heavy atom. The summed E-state index contributed by atoms with van der Waals surface area (Å²) < 4.78 is 33.2. The summed E-state index contributed by atoms with van der Waals surface area (Å²) >= 11 is 0. The summed E-state index contributed by atoms with van der Waals surface area (Å²) in [5.74, 6) is 1.22. The van der Waals surface area contributed by atoms with Crippen molar-refractivity contribution < 1.29 is 22.4 Å². The van der Waals surface area contributed by atoms with Crippen molar-refractivity contribution in [2.24, 2.45) is 10.2 Å². The number of nitrogens with one attached hydrogen (secondary N) is 1. The number of hydrazone groups is 1. The molecule has 0 unspecified atom stereocenters. The highest BCUT2D eigenvalue weighted by molar-refractivity contribution is 7.89. The van der Waals surface area contributed by atoms with Crippen LogP contribution in [0.3, 0.4) is 0 Å². The third kappa shape index (κ3) is 4.64. The number of furan rings is 1. The van der Waals surface area contributed by atoms with Crippen molar-refractivity contribution in [3.63, 3.8) is 0 Å². The molecule has 9 heteroatoms. The van der Waals surface area contributed by atoms with Gasteiger partial charge in [-0.15, -0.1) is 0 Å². The van der Waals surface area contributed by atoms with Crippen LogP contribution in [0.5, 0.6) is 5.75 Å². The van der Waals surface area contributed by atoms with Gasteiger partial charge in [-0.05, 0) is 60.7 Å². The molecule has 0 saturated carbocycles. The van der Waals surface area contributed by atoms with Crippen LogP contribution >= 0.6 is 0 Å². The molecule has 144 valence electrons. The zero-order chi connectivity index (χ0) is 20.1. The topological polar surface area (TPSA) is 124 Å². The van der Waals surface area contributed by atoms with Crippen LogP contribution in [0.2, 0.25) is 0 Å². The molecular weight excluding hydrogens is 382 g/mol. The highest BCUT2D eigenvalue weighted by Gasteiger charge is 2.09. The zero-order valence-corrected chi connectivity index (χ0v) is 15.6. The minimum atomic E-state index is -3.74. The first-order valence-electron chi connectivity index (χ1n) is 8.07. The molecule has 0 saturated heterocycles. The van der Waals surface area contributed by atoms with Crippen LogP contribution < -0.4 is 15.3 Å². The summed E-state index contributed by atoms with van der Waals surface area (Å²) in [5, 5.41) is 8.94. The van der Waals surface area contributed by atoms with Crippen LogP contribution in [-0.2, 0) is 10.0 Å². The van der Waals surface area contributed by atoms with Gasteiger partial charge in [-0.25, -0.2) is 19.0 Å². The van der Waals surface area contributed by atoms with Crippen LogP contribution in [0, 0.1) is 0 Å². The maximum absolute atomic E-state index is 12.0. The molecule has 1 amide bonds. The first kappa shape index (κ1) is 19.3. The molecule has 28 heavy (non-hydrogen) atoms. The molecule has 8 nitrogen and oxygen atoms in total. The molecule has 0 spiro atoms. The van der Waals surface area contributed by atoms with Crippen molar-refractivity contribution in [1.82, 2.24) is 5.43 Å². The third-order valence-electron chi connectivity index (χ3n) is 3.80. The second kappa shape index (κ2) is 8.07. The monoisotopic (exact) mass is 399 g/mol. The normalized spacial score (nSPS) is 11.5. The smallest absolute Gasteiger partial charge is 0.271 e. The Labute approximate surface area is 161 Å². The van der Waals surface area contributed by atoms with Crippen molar-refractivity contribution in [3.8, 4) is 17.1 Å². The maximum atomic E-state index is 12.0. The second-order valence-electron chi connectivity index (χ2n) is 5.70. The van der Waals surface area contributed by atoms with E-state index in [1.54, 1.807) is 55.6 Å². The van der Waals surface area contributed by atoms with Crippen LogP contribution in [0.4, 0.5) is 0 Å². The number of hydrogen-bond donors (Lipinski definition) is 2. The van der Waals surface area contributed by atoms with Crippen LogP contribution in [-0.4, -0.2) is 27.6 Å². The minimum absolute atomic E-state index is 0.0193. The lowest BCUT2D eigenvalue weighted by atomic mass is 10.2. The van der Waals surface area contributed by atoms with Gasteiger partial charge in [0.1, 0.15) is 17.3 Å². The van der Waals surface area contributed by atoms with Crippen molar-refractivity contribution in [3.05, 3.63) is 72.0 Å². The number of rotatable bonds is 6. The lowest BCUT2D eigenvalue weighted by Gasteiger charge is -2.01. The average Bonchev–Trinajstić information content (AvgIpc) is 3.16. The first-order valence-corrected chi connectivity index (χ1v) is 9.62. The minimum Gasteiger partial charge on any atom is -0.497 e. The molecule has 3 aromatic rings. The van der Waals surface area contributed by atoms with Crippen LogP contribution in [0.1, 0.15) is 16.1 Å². The summed E-state index contributed by atoms with van der Waals surface area (Å²) in [6.45, 7) is 0. The molecular formula is C19H17N3O5S. The average molecular weight is 399 g/mol. The first-order chi connectivity index (χ1) is 13.4. The largest absolute Gasteiger partial charge is 0.497 e. The maximum Gasteiger partial charge on any atom is 0.271 e. The van der Waals surface area contributed by atoms with Gasteiger partial charge in [0.2, 0.25) is 10.0 Å². The molecule has 1 aromatic heterocycles. The van der Waals surface area contributed by atoms with Crippen molar-refractivity contribution in [1.29, 1.82) is 0 Å². The predicted octanol–water partition coefficient (Wildman–Crippen LogP) is 2.37. The zero-order valence-electron chi connectivity index (χ0n) is 14.8. The Balaban J connectivity index is 1.64. The molecule has 2 aromatic carbocycles. The Hall–Kier alpha value is -3.43. The number of sulfonamides is 1. The quantitative estimate of drug-likeness (QED) is 0.486. The highest BCUT2D eigenvalue weighted by Crippen LogP contribution is 2.23. The predicted molar refractivity (Wildman–Crippen MR) is 104 cm³/mol. The van der Waals surface area contributed by atoms with Crippen molar-refractivity contribution in [2.75, 3.05) is 7.11 Å². The van der Waals surface area contributed by atoms with E-state index in [4.69, 9.17) is 14.3 Å². The summed E-state index contributed by atoms with van der Waals surface area (Å²) in [4.78, 5) is 12.0. The molecule has 0 aliphatic carbocycles. The van der Waals surface area contributed by atoms with Gasteiger partial charge in [-0.3, -0.25) is 4.79 Å². The van der Waals surface area contributed by atoms with Crippen molar-refractivity contribution >= 4 is 22.1 Å². The molecule has 0 fully saturated rings. The fourth-order valence-electron chi connectivity index (χ4n) is 2.35. The number of methoxy groups -OCH3 is 1. The van der Waals surface area contributed by atoms with Gasteiger partial charge < -0.3 is 9.15 Å². The summed E-state index contributed by atoms with van der Waals surface area (Å²) in [6, 6.07) is 16.0. The molecule has 0 bridgehead atoms. The number of primary sulfonamides is 1. The number of nitrogens with zero attached hydrogens (tertiary/aromatic N) is 1. The fraction of sp³-hybridized carbons (Fsp3) is 0.0526. The van der Waals surface area contributed by atoms with E-state index in [2.05, 4.69) is 10.5 Å². The van der Waals surface area contributed by atoms with Gasteiger partial charge in [-0.2, -0.15) is 5.10 Å². The number of nitrogens with two attached hydrogens (primary N) is 1. The van der Waals surface area contributed by atoms with E-state index in [1.807, 2.05) is 0 Å². The second-order valence-corrected chi connectivity index (χ2v) is 7.26. The number of benzene rings is 2. The molecule has 0 aliphatic rings. The Morgan fingerprint density at radius 2 is 1.75 bits per heavy atom. The third-order valence-corrected chi connectivity index (χ3v) is 4.73. The standard InChI is InChI=1S/C19H17N3O5S/c1-26-15-6-2-14(3-7-15)19(23)22-21-12-16-8-11-18(27-16)13-4-9-17(10-5-13)28(20,24)25/h2-12H,1H3,(H,22,23)(H2,20,24,25)/b21-12-. The van der Waals surface area contributed by atoms with Crippen molar-refractivity contribution in [2.45, 2.75) is 4.90 Å². The molecule has 0 aliphatic heterocycles. The van der Waals surface area contributed by atoms with Gasteiger partial charge in [0.15, 0.2) is 0 Å². The lowest BCUT2D eigenvalue weighted by molar-refractivity contribution is 0.0955. The van der Waals surface area contributed by atoms with Gasteiger partial charge in [0.05, 0.1) is 18.2 Å². The molecule has 0 atom stereocenters. The van der Waals surface area contributed by atoms with Crippen LogP contribution in [0.25, 0.3) is 11.3 Å². The van der Waals surface area contributed by atoms with E-state index >= 15 is 0 Å². The number of amides is 1. The van der Waals surface area contributed by atoms with E-state index in [0.29, 0.717) is 28.4 Å². The SMILES string of the molecule is COc1ccc(C(=O)N/N=C\c2ccc(-c3ccc(S(N)(=O)=O)cc3)o2)cc1. The van der Waals surface area contributed by atoms with E-state index in [1.165, 1.54) is 18.3 Å². The van der Waals surface area contributed by atoms with E-state index in [9.17, 15) is 13.2 Å². The molecule has 3 rings (SSSR count). The summed E-state index contributed by atoms with van der Waals surface area (Å²) in [7, 11) is -2.20. The molecule has 3 N–H and O–H groups in total. The number of hydrogen-bond acceptors (Lipinski definition) is 6. The van der Waals surface area contributed by atoms with E-state index in [-0.39, 0.29) is 10.8 Å². The summed E-state index contributed by atoms with van der Waals surface area (Å²) in [6.07, 6.45) is 1.36. The van der Waals surface area contributed by atoms with Gasteiger partial charge >= 0.3 is 0 Å². The van der Waals surface area contributed by atoms with E-state index < -0.39 is 10.0 Å². The van der Waals surface area contributed by atoms with E-state index in [0.717, 1.165) is 0 Å². The lowest BCUT2D eigenvalue weighted by Crippen LogP contribution is -2.17. The van der Waals surface area contributed by atoms with Crippen LogP contribution in [0.15, 0.2) is 75.1 Å². The fourth-order valence-corrected chi connectivity index (χ4v) is 2.86. The molecule has 0 radical (unpaired) electrons. The van der Waals surface area contributed by atoms with Gasteiger partial charge in [-0.1, -0.05) is 0 Å². The number of carbonyl (C=O) groups excluding carboxylic acids is 1. The number of carbonyl (C=O) groups is 1.